The lowest BCUT2D eigenvalue weighted by molar-refractivity contribution is -0.143. The van der Waals surface area contributed by atoms with E-state index in [1.165, 1.54) is 19.2 Å². The molecule has 0 aliphatic heterocycles. The summed E-state index contributed by atoms with van der Waals surface area (Å²) in [4.78, 5) is 25.8. The monoisotopic (exact) mass is 455 g/mol. The summed E-state index contributed by atoms with van der Waals surface area (Å²) in [7, 11) is 1.28. The van der Waals surface area contributed by atoms with Crippen LogP contribution in [0.15, 0.2) is 60.3 Å². The summed E-state index contributed by atoms with van der Waals surface area (Å²) in [5.74, 6) is -1.39. The van der Waals surface area contributed by atoms with Crippen LogP contribution in [0.25, 0.3) is 11.6 Å². The summed E-state index contributed by atoms with van der Waals surface area (Å²) in [5.41, 5.74) is 2.08. The first kappa shape index (κ1) is 22.8. The summed E-state index contributed by atoms with van der Waals surface area (Å²) in [6.07, 6.45) is 0.0954. The van der Waals surface area contributed by atoms with Gasteiger partial charge in [0.1, 0.15) is 6.04 Å². The third-order valence-electron chi connectivity index (χ3n) is 6.30. The molecule has 0 radical (unpaired) electrons. The molecule has 4 nitrogen and oxygen atoms in total. The number of allylic oxidation sites excluding steroid dienone is 3. The van der Waals surface area contributed by atoms with Crippen LogP contribution in [0.2, 0.25) is 0 Å². The summed E-state index contributed by atoms with van der Waals surface area (Å²) < 4.78 is 44.9. The third-order valence-corrected chi connectivity index (χ3v) is 6.30. The third kappa shape index (κ3) is 4.32. The Labute approximate surface area is 190 Å². The lowest BCUT2D eigenvalue weighted by Gasteiger charge is -2.20. The van der Waals surface area contributed by atoms with Crippen molar-refractivity contribution in [1.82, 2.24) is 5.32 Å². The predicted molar refractivity (Wildman–Crippen MR) is 119 cm³/mol. The number of ether oxygens (including phenoxy) is 1. The molecule has 0 saturated carbocycles. The van der Waals surface area contributed by atoms with Gasteiger partial charge in [0, 0.05) is 23.1 Å². The number of carbonyl (C=O) groups is 2. The maximum absolute atomic E-state index is 13.7. The van der Waals surface area contributed by atoms with Crippen LogP contribution in [0.5, 0.6) is 0 Å². The Balaban J connectivity index is 1.76. The molecule has 2 aliphatic rings. The van der Waals surface area contributed by atoms with Gasteiger partial charge in [0.25, 0.3) is 0 Å². The van der Waals surface area contributed by atoms with Gasteiger partial charge in [-0.05, 0) is 41.7 Å². The number of fused-ring (bicyclic) bond motifs is 1. The second-order valence-electron chi connectivity index (χ2n) is 8.25. The Kier molecular flexibility index (Phi) is 6.15. The minimum atomic E-state index is -4.53. The van der Waals surface area contributed by atoms with Gasteiger partial charge in [-0.15, -0.1) is 0 Å². The zero-order valence-electron chi connectivity index (χ0n) is 18.3. The first-order chi connectivity index (χ1) is 15.7. The van der Waals surface area contributed by atoms with Crippen molar-refractivity contribution in [3.8, 4) is 0 Å². The molecule has 0 amide bonds. The topological polar surface area (TPSA) is 55.4 Å². The van der Waals surface area contributed by atoms with Crippen molar-refractivity contribution in [1.29, 1.82) is 0 Å². The first-order valence-electron chi connectivity index (χ1n) is 10.8. The predicted octanol–water partition coefficient (Wildman–Crippen LogP) is 5.36. The van der Waals surface area contributed by atoms with Gasteiger partial charge in [-0.1, -0.05) is 55.5 Å². The Morgan fingerprint density at radius 2 is 1.94 bits per heavy atom. The SMILES string of the molecule is CCC(NC1=C(c2cccc(C(F)(F)F)c2)C(=O)C(C2C=Cc3ccccc32)C1)C(=O)OC. The number of nitrogens with one attached hydrogen (secondary N) is 1. The smallest absolute Gasteiger partial charge is 0.416 e. The van der Waals surface area contributed by atoms with Crippen LogP contribution in [0.1, 0.15) is 47.9 Å². The van der Waals surface area contributed by atoms with Crippen molar-refractivity contribution < 1.29 is 27.5 Å². The number of benzene rings is 2. The summed E-state index contributed by atoms with van der Waals surface area (Å²) in [6.45, 7) is 1.79. The Morgan fingerprint density at radius 1 is 1.18 bits per heavy atom. The van der Waals surface area contributed by atoms with Crippen molar-refractivity contribution in [2.75, 3.05) is 7.11 Å². The van der Waals surface area contributed by atoms with Gasteiger partial charge in [-0.25, -0.2) is 4.79 Å². The van der Waals surface area contributed by atoms with Gasteiger partial charge < -0.3 is 10.1 Å². The van der Waals surface area contributed by atoms with E-state index >= 15 is 0 Å². The second-order valence-corrected chi connectivity index (χ2v) is 8.25. The molecular weight excluding hydrogens is 431 g/mol. The lowest BCUT2D eigenvalue weighted by atomic mass is 9.84. The standard InChI is InChI=1S/C26H24F3NO3/c1-3-21(25(32)33-2)30-22-14-20(19-12-11-15-7-4-5-10-18(15)19)24(31)23(22)16-8-6-9-17(13-16)26(27,28)29/h4-13,19-21,30H,3,14H2,1-2H3. The Hall–Kier alpha value is -3.35. The zero-order valence-corrected chi connectivity index (χ0v) is 18.3. The molecule has 0 bridgehead atoms. The van der Waals surface area contributed by atoms with Crippen LogP contribution in [-0.4, -0.2) is 24.9 Å². The number of ketones is 1. The molecule has 2 aromatic carbocycles. The largest absolute Gasteiger partial charge is 0.467 e. The highest BCUT2D eigenvalue weighted by Crippen LogP contribution is 2.45. The van der Waals surface area contributed by atoms with Crippen molar-refractivity contribution >= 4 is 23.4 Å². The number of alkyl halides is 3. The number of rotatable bonds is 6. The molecule has 2 aliphatic carbocycles. The highest BCUT2D eigenvalue weighted by molar-refractivity contribution is 6.25. The van der Waals surface area contributed by atoms with Gasteiger partial charge >= 0.3 is 12.1 Å². The molecule has 3 unspecified atom stereocenters. The molecule has 0 fully saturated rings. The molecule has 172 valence electrons. The molecule has 0 aromatic heterocycles. The van der Waals surface area contributed by atoms with E-state index in [0.717, 1.165) is 23.3 Å². The molecule has 4 rings (SSSR count). The molecule has 0 saturated heterocycles. The molecule has 7 heteroatoms. The van der Waals surface area contributed by atoms with E-state index < -0.39 is 29.7 Å². The fraction of sp³-hybridized carbons (Fsp3) is 0.308. The number of carbonyl (C=O) groups excluding carboxylic acids is 2. The van der Waals surface area contributed by atoms with Crippen LogP contribution in [0, 0.1) is 5.92 Å². The van der Waals surface area contributed by atoms with E-state index in [9.17, 15) is 22.8 Å². The van der Waals surface area contributed by atoms with E-state index in [1.54, 1.807) is 6.92 Å². The van der Waals surface area contributed by atoms with E-state index in [1.807, 2.05) is 36.4 Å². The summed E-state index contributed by atoms with van der Waals surface area (Å²) >= 11 is 0. The number of methoxy groups -OCH3 is 1. The average Bonchev–Trinajstić information content (AvgIpc) is 3.37. The molecule has 2 aromatic rings. The van der Waals surface area contributed by atoms with E-state index in [-0.39, 0.29) is 22.8 Å². The highest BCUT2D eigenvalue weighted by Gasteiger charge is 2.41. The van der Waals surface area contributed by atoms with Crippen LogP contribution in [0.4, 0.5) is 13.2 Å². The normalized spacial score (nSPS) is 20.7. The average molecular weight is 455 g/mol. The number of hydrogen-bond donors (Lipinski definition) is 1. The Bertz CT molecular complexity index is 1150. The van der Waals surface area contributed by atoms with Crippen molar-refractivity contribution in [3.05, 3.63) is 82.6 Å². The molecule has 0 spiro atoms. The van der Waals surface area contributed by atoms with Gasteiger partial charge in [0.15, 0.2) is 5.78 Å². The number of hydrogen-bond acceptors (Lipinski definition) is 4. The molecule has 0 heterocycles. The van der Waals surface area contributed by atoms with Crippen molar-refractivity contribution in [2.45, 2.75) is 37.9 Å². The molecular formula is C26H24F3NO3. The maximum Gasteiger partial charge on any atom is 0.416 e. The second kappa shape index (κ2) is 8.89. The highest BCUT2D eigenvalue weighted by atomic mass is 19.4. The minimum absolute atomic E-state index is 0.188. The quantitative estimate of drug-likeness (QED) is 0.596. The van der Waals surface area contributed by atoms with Crippen LogP contribution < -0.4 is 5.32 Å². The van der Waals surface area contributed by atoms with Crippen LogP contribution in [-0.2, 0) is 20.5 Å². The van der Waals surface area contributed by atoms with E-state index in [4.69, 9.17) is 4.74 Å². The van der Waals surface area contributed by atoms with Crippen LogP contribution in [0.3, 0.4) is 0 Å². The number of esters is 1. The fourth-order valence-corrected chi connectivity index (χ4v) is 4.65. The zero-order chi connectivity index (χ0) is 23.8. The Morgan fingerprint density at radius 3 is 2.64 bits per heavy atom. The number of halogens is 3. The van der Waals surface area contributed by atoms with Crippen LogP contribution >= 0.6 is 0 Å². The summed E-state index contributed by atoms with van der Waals surface area (Å²) in [5, 5.41) is 3.11. The summed E-state index contributed by atoms with van der Waals surface area (Å²) in [6, 6.07) is 11.8. The van der Waals surface area contributed by atoms with E-state index in [2.05, 4.69) is 5.32 Å². The molecule has 1 N–H and O–H groups in total. The van der Waals surface area contributed by atoms with Gasteiger partial charge in [-0.2, -0.15) is 13.2 Å². The molecule has 33 heavy (non-hydrogen) atoms. The van der Waals surface area contributed by atoms with E-state index in [0.29, 0.717) is 18.5 Å². The fourth-order valence-electron chi connectivity index (χ4n) is 4.65. The van der Waals surface area contributed by atoms with Gasteiger partial charge in [-0.3, -0.25) is 4.79 Å². The van der Waals surface area contributed by atoms with Crippen molar-refractivity contribution in [2.24, 2.45) is 5.92 Å². The minimum Gasteiger partial charge on any atom is -0.467 e. The first-order valence-corrected chi connectivity index (χ1v) is 10.8. The van der Waals surface area contributed by atoms with Gasteiger partial charge in [0.2, 0.25) is 0 Å². The lowest BCUT2D eigenvalue weighted by Crippen LogP contribution is -2.36. The molecule has 3 atom stereocenters. The van der Waals surface area contributed by atoms with Crippen molar-refractivity contribution in [3.63, 3.8) is 0 Å². The van der Waals surface area contributed by atoms with Gasteiger partial charge in [0.05, 0.1) is 12.7 Å². The number of Topliss-reactive ketones (excluding diaryl/α,β-unsaturated/α-hetero) is 1. The maximum atomic E-state index is 13.7.